The van der Waals surface area contributed by atoms with Crippen molar-refractivity contribution in [3.8, 4) is 5.75 Å². The lowest BCUT2D eigenvalue weighted by atomic mass is 9.87. The third-order valence-corrected chi connectivity index (χ3v) is 5.35. The van der Waals surface area contributed by atoms with E-state index < -0.39 is 6.10 Å². The van der Waals surface area contributed by atoms with Crippen LogP contribution in [-0.4, -0.2) is 50.5 Å². The monoisotopic (exact) mass is 387 g/mol. The molecule has 28 heavy (non-hydrogen) atoms. The van der Waals surface area contributed by atoms with Crippen LogP contribution in [0.1, 0.15) is 26.3 Å². The van der Waals surface area contributed by atoms with Gasteiger partial charge in [0.05, 0.1) is 26.2 Å². The molecule has 1 fully saturated rings. The Kier molecular flexibility index (Phi) is 6.57. The third kappa shape index (κ3) is 5.69. The second kappa shape index (κ2) is 8.93. The topological polar surface area (TPSA) is 37.1 Å². The van der Waals surface area contributed by atoms with Crippen molar-refractivity contribution >= 4 is 5.69 Å². The van der Waals surface area contributed by atoms with E-state index in [2.05, 4.69) is 37.8 Å². The molecule has 3 rings (SSSR count). The van der Waals surface area contributed by atoms with Gasteiger partial charge in [-0.2, -0.15) is 0 Å². The lowest BCUT2D eigenvalue weighted by Gasteiger charge is -2.34. The predicted octanol–water partition coefficient (Wildman–Crippen LogP) is 2.27. The molecule has 2 N–H and O–H groups in total. The van der Waals surface area contributed by atoms with E-state index >= 15 is 0 Å². The van der Waals surface area contributed by atoms with Gasteiger partial charge in [0, 0.05) is 5.69 Å². The van der Waals surface area contributed by atoms with E-state index in [0.717, 1.165) is 37.6 Å². The van der Waals surface area contributed by atoms with Crippen molar-refractivity contribution in [1.82, 2.24) is 0 Å². The van der Waals surface area contributed by atoms with Gasteiger partial charge in [0.1, 0.15) is 30.8 Å². The molecule has 0 bridgehead atoms. The summed E-state index contributed by atoms with van der Waals surface area (Å²) in [7, 11) is 0. The maximum absolute atomic E-state index is 13.1. The Morgan fingerprint density at radius 1 is 1.04 bits per heavy atom. The molecule has 0 spiro atoms. The number of ether oxygens (including phenoxy) is 1. The Bertz CT molecular complexity index is 733. The number of aliphatic hydroxyl groups excluding tert-OH is 1. The number of nitrogens with zero attached hydrogens (tertiary/aromatic N) is 1. The molecule has 1 saturated heterocycles. The lowest BCUT2D eigenvalue weighted by Crippen LogP contribution is -3.16. The normalized spacial score (nSPS) is 16.8. The van der Waals surface area contributed by atoms with Crippen LogP contribution < -0.4 is 14.5 Å². The molecule has 1 heterocycles. The SMILES string of the molecule is CC(C)(C)c1ccc(OC[C@@H](O)C[NH+]2CCN(c3ccc(F)cc3)CC2)cc1. The van der Waals surface area contributed by atoms with Crippen molar-refractivity contribution in [2.45, 2.75) is 32.3 Å². The first kappa shape index (κ1) is 20.6. The molecular formula is C23H32FN2O2+. The number of piperazine rings is 1. The van der Waals surface area contributed by atoms with Gasteiger partial charge in [-0.1, -0.05) is 32.9 Å². The fourth-order valence-electron chi connectivity index (χ4n) is 3.57. The number of benzene rings is 2. The van der Waals surface area contributed by atoms with Gasteiger partial charge in [-0.05, 0) is 47.4 Å². The van der Waals surface area contributed by atoms with Crippen LogP contribution in [0.4, 0.5) is 10.1 Å². The highest BCUT2D eigenvalue weighted by molar-refractivity contribution is 5.46. The minimum absolute atomic E-state index is 0.122. The van der Waals surface area contributed by atoms with Crippen LogP contribution in [0.3, 0.4) is 0 Å². The van der Waals surface area contributed by atoms with Crippen molar-refractivity contribution in [3.05, 3.63) is 59.9 Å². The average Bonchev–Trinajstić information content (AvgIpc) is 2.67. The molecule has 2 aromatic carbocycles. The molecule has 0 aliphatic carbocycles. The second-order valence-corrected chi connectivity index (χ2v) is 8.66. The predicted molar refractivity (Wildman–Crippen MR) is 111 cm³/mol. The Labute approximate surface area is 167 Å². The van der Waals surface area contributed by atoms with Crippen molar-refractivity contribution in [1.29, 1.82) is 0 Å². The van der Waals surface area contributed by atoms with E-state index in [-0.39, 0.29) is 11.2 Å². The Hall–Kier alpha value is -2.11. The van der Waals surface area contributed by atoms with Crippen LogP contribution in [0.2, 0.25) is 0 Å². The number of hydrogen-bond donors (Lipinski definition) is 2. The van der Waals surface area contributed by atoms with Crippen molar-refractivity contribution in [2.75, 3.05) is 44.2 Å². The van der Waals surface area contributed by atoms with E-state index in [1.54, 1.807) is 0 Å². The maximum atomic E-state index is 13.1. The van der Waals surface area contributed by atoms with Gasteiger partial charge >= 0.3 is 0 Å². The molecule has 152 valence electrons. The summed E-state index contributed by atoms with van der Waals surface area (Å²) < 4.78 is 18.8. The zero-order valence-electron chi connectivity index (χ0n) is 17.1. The van der Waals surface area contributed by atoms with Crippen LogP contribution >= 0.6 is 0 Å². The second-order valence-electron chi connectivity index (χ2n) is 8.66. The van der Waals surface area contributed by atoms with Gasteiger partial charge in [0.2, 0.25) is 0 Å². The summed E-state index contributed by atoms with van der Waals surface area (Å²) in [5.41, 5.74) is 2.45. The third-order valence-electron chi connectivity index (χ3n) is 5.35. The molecule has 5 heteroatoms. The Morgan fingerprint density at radius 2 is 1.64 bits per heavy atom. The number of nitrogens with one attached hydrogen (secondary N) is 1. The summed E-state index contributed by atoms with van der Waals surface area (Å²) in [6, 6.07) is 14.8. The maximum Gasteiger partial charge on any atom is 0.137 e. The van der Waals surface area contributed by atoms with E-state index in [9.17, 15) is 9.50 Å². The highest BCUT2D eigenvalue weighted by Gasteiger charge is 2.23. The molecule has 1 atom stereocenters. The van der Waals surface area contributed by atoms with Gasteiger partial charge in [-0.15, -0.1) is 0 Å². The molecular weight excluding hydrogens is 355 g/mol. The minimum Gasteiger partial charge on any atom is -0.491 e. The molecule has 0 amide bonds. The van der Waals surface area contributed by atoms with Crippen LogP contribution in [0, 0.1) is 5.82 Å². The van der Waals surface area contributed by atoms with E-state index in [1.807, 2.05) is 24.3 Å². The molecule has 0 saturated carbocycles. The Morgan fingerprint density at radius 3 is 2.21 bits per heavy atom. The summed E-state index contributed by atoms with van der Waals surface area (Å²) in [6.45, 7) is 11.3. The standard InChI is InChI=1S/C23H31FN2O2/c1-23(2,3)18-4-10-22(11-5-18)28-17-21(27)16-25-12-14-26(15-13-25)20-8-6-19(24)7-9-20/h4-11,21,27H,12-17H2,1-3H3/p+1/t21-/m0/s1. The highest BCUT2D eigenvalue weighted by atomic mass is 19.1. The lowest BCUT2D eigenvalue weighted by molar-refractivity contribution is -0.903. The quantitative estimate of drug-likeness (QED) is 0.799. The van der Waals surface area contributed by atoms with E-state index in [0.29, 0.717) is 13.2 Å². The van der Waals surface area contributed by atoms with Gasteiger partial charge in [-0.3, -0.25) is 0 Å². The van der Waals surface area contributed by atoms with Crippen LogP contribution in [0.5, 0.6) is 5.75 Å². The molecule has 0 unspecified atom stereocenters. The summed E-state index contributed by atoms with van der Waals surface area (Å²) in [4.78, 5) is 3.64. The minimum atomic E-state index is -0.491. The molecule has 1 aliphatic heterocycles. The van der Waals surface area contributed by atoms with Crippen LogP contribution in [0.15, 0.2) is 48.5 Å². The van der Waals surface area contributed by atoms with Crippen LogP contribution in [-0.2, 0) is 5.41 Å². The first-order valence-corrected chi connectivity index (χ1v) is 10.1. The highest BCUT2D eigenvalue weighted by Crippen LogP contribution is 2.24. The van der Waals surface area contributed by atoms with Crippen molar-refractivity contribution < 1.29 is 19.1 Å². The van der Waals surface area contributed by atoms with E-state index in [1.165, 1.54) is 22.6 Å². The van der Waals surface area contributed by atoms with Gasteiger partial charge in [-0.25, -0.2) is 4.39 Å². The zero-order valence-corrected chi connectivity index (χ0v) is 17.1. The molecule has 4 nitrogen and oxygen atoms in total. The molecule has 2 aromatic rings. The van der Waals surface area contributed by atoms with Gasteiger partial charge in [0.15, 0.2) is 0 Å². The number of aliphatic hydroxyl groups is 1. The first-order chi connectivity index (χ1) is 13.3. The fourth-order valence-corrected chi connectivity index (χ4v) is 3.57. The number of halogens is 1. The first-order valence-electron chi connectivity index (χ1n) is 10.1. The zero-order chi connectivity index (χ0) is 20.1. The van der Waals surface area contributed by atoms with Crippen molar-refractivity contribution in [3.63, 3.8) is 0 Å². The molecule has 0 aromatic heterocycles. The van der Waals surface area contributed by atoms with Gasteiger partial charge < -0.3 is 19.6 Å². The summed E-state index contributed by atoms with van der Waals surface area (Å²) >= 11 is 0. The molecule has 0 radical (unpaired) electrons. The average molecular weight is 388 g/mol. The molecule has 1 aliphatic rings. The smallest absolute Gasteiger partial charge is 0.137 e. The number of quaternary nitrogens is 1. The fraction of sp³-hybridized carbons (Fsp3) is 0.478. The number of rotatable bonds is 6. The van der Waals surface area contributed by atoms with E-state index in [4.69, 9.17) is 4.74 Å². The van der Waals surface area contributed by atoms with Gasteiger partial charge in [0.25, 0.3) is 0 Å². The number of anilines is 1. The van der Waals surface area contributed by atoms with Crippen LogP contribution in [0.25, 0.3) is 0 Å². The van der Waals surface area contributed by atoms with Crippen molar-refractivity contribution in [2.24, 2.45) is 0 Å². The summed E-state index contributed by atoms with van der Waals surface area (Å²) in [5.74, 6) is 0.590. The Balaban J connectivity index is 1.41. The summed E-state index contributed by atoms with van der Waals surface area (Å²) in [5, 5.41) is 10.4. The number of hydrogen-bond acceptors (Lipinski definition) is 3. The summed E-state index contributed by atoms with van der Waals surface area (Å²) in [6.07, 6.45) is -0.491. The largest absolute Gasteiger partial charge is 0.491 e.